The standard InChI is InChI=1S/C21H23FN6O/c22-18-8-6-16(7-9-18)19(27-12-10-17(11-13-27)20(23)29)21-24-25-26-28(21)14-15-4-2-1-3-5-15/h1-9,17,19H,10-14H2,(H2,23,29)/p+1/t19-/m0/s1. The molecule has 4 rings (SSSR count). The summed E-state index contributed by atoms with van der Waals surface area (Å²) in [5.74, 6) is 0.121. The number of benzene rings is 2. The van der Waals surface area contributed by atoms with Crippen molar-refractivity contribution < 1.29 is 14.1 Å². The van der Waals surface area contributed by atoms with Gasteiger partial charge in [-0.3, -0.25) is 4.79 Å². The van der Waals surface area contributed by atoms with Gasteiger partial charge in [-0.2, -0.15) is 0 Å². The fourth-order valence-electron chi connectivity index (χ4n) is 4.07. The number of carbonyl (C=O) groups excluding carboxylic acids is 1. The summed E-state index contributed by atoms with van der Waals surface area (Å²) in [6.45, 7) is 2.10. The van der Waals surface area contributed by atoms with Crippen LogP contribution in [-0.2, 0) is 11.3 Å². The van der Waals surface area contributed by atoms with Crippen molar-refractivity contribution in [2.75, 3.05) is 13.1 Å². The number of nitrogens with zero attached hydrogens (tertiary/aromatic N) is 4. The molecule has 0 unspecified atom stereocenters. The third-order valence-corrected chi connectivity index (χ3v) is 5.63. The molecule has 3 aromatic rings. The van der Waals surface area contributed by atoms with Crippen LogP contribution in [-0.4, -0.2) is 39.2 Å². The van der Waals surface area contributed by atoms with Gasteiger partial charge in [0, 0.05) is 24.3 Å². The molecule has 0 saturated carbocycles. The van der Waals surface area contributed by atoms with Crippen molar-refractivity contribution in [3.8, 4) is 0 Å². The molecular weight excluding hydrogens is 371 g/mol. The normalized spacial score (nSPS) is 20.3. The molecule has 29 heavy (non-hydrogen) atoms. The number of aromatic nitrogens is 4. The van der Waals surface area contributed by atoms with E-state index in [0.29, 0.717) is 6.54 Å². The van der Waals surface area contributed by atoms with E-state index in [1.165, 1.54) is 17.0 Å². The first-order chi connectivity index (χ1) is 14.1. The van der Waals surface area contributed by atoms with Crippen molar-refractivity contribution >= 4 is 5.91 Å². The zero-order valence-corrected chi connectivity index (χ0v) is 16.0. The minimum absolute atomic E-state index is 0.0899. The van der Waals surface area contributed by atoms with Gasteiger partial charge >= 0.3 is 0 Å². The fourth-order valence-corrected chi connectivity index (χ4v) is 4.07. The second kappa shape index (κ2) is 8.48. The van der Waals surface area contributed by atoms with E-state index in [4.69, 9.17) is 5.73 Å². The monoisotopic (exact) mass is 395 g/mol. The molecule has 1 aliphatic heterocycles. The molecule has 3 N–H and O–H groups in total. The summed E-state index contributed by atoms with van der Waals surface area (Å²) in [5.41, 5.74) is 7.54. The minimum atomic E-state index is -0.279. The molecule has 1 saturated heterocycles. The van der Waals surface area contributed by atoms with E-state index in [1.807, 2.05) is 30.3 Å². The lowest BCUT2D eigenvalue weighted by Gasteiger charge is -2.33. The zero-order valence-electron chi connectivity index (χ0n) is 16.0. The van der Waals surface area contributed by atoms with Crippen molar-refractivity contribution in [2.24, 2.45) is 11.7 Å². The summed E-state index contributed by atoms with van der Waals surface area (Å²) in [5, 5.41) is 12.5. The summed E-state index contributed by atoms with van der Waals surface area (Å²) >= 11 is 0. The smallest absolute Gasteiger partial charge is 0.220 e. The number of primary amides is 1. The summed E-state index contributed by atoms with van der Waals surface area (Å²) in [4.78, 5) is 12.8. The second-order valence-electron chi connectivity index (χ2n) is 7.50. The van der Waals surface area contributed by atoms with E-state index in [-0.39, 0.29) is 23.7 Å². The maximum absolute atomic E-state index is 13.5. The number of nitrogens with one attached hydrogen (secondary N) is 1. The lowest BCUT2D eigenvalue weighted by Crippen LogP contribution is -3.13. The maximum atomic E-state index is 13.5. The number of likely N-dealkylation sites (tertiary alicyclic amines) is 1. The van der Waals surface area contributed by atoms with Crippen LogP contribution in [0.1, 0.15) is 35.8 Å². The Bertz CT molecular complexity index is 951. The van der Waals surface area contributed by atoms with Gasteiger partial charge in [0.25, 0.3) is 0 Å². The van der Waals surface area contributed by atoms with Gasteiger partial charge in [-0.25, -0.2) is 9.07 Å². The van der Waals surface area contributed by atoms with Gasteiger partial charge in [-0.1, -0.05) is 30.3 Å². The van der Waals surface area contributed by atoms with Gasteiger partial charge in [0.15, 0.2) is 6.04 Å². The summed E-state index contributed by atoms with van der Waals surface area (Å²) in [6.07, 6.45) is 1.45. The van der Waals surface area contributed by atoms with E-state index >= 15 is 0 Å². The van der Waals surface area contributed by atoms with Gasteiger partial charge in [0.1, 0.15) is 5.82 Å². The lowest BCUT2D eigenvalue weighted by molar-refractivity contribution is -0.931. The number of nitrogens with two attached hydrogens (primary N) is 1. The van der Waals surface area contributed by atoms with E-state index < -0.39 is 0 Å². The predicted molar refractivity (Wildman–Crippen MR) is 104 cm³/mol. The van der Waals surface area contributed by atoms with Gasteiger partial charge in [-0.15, -0.1) is 5.10 Å². The SMILES string of the molecule is NC(=O)C1CC[NH+]([C@@H](c2ccc(F)cc2)c2nnnn2Cc2ccccc2)CC1. The minimum Gasteiger partial charge on any atom is -0.369 e. The molecule has 0 spiro atoms. The van der Waals surface area contributed by atoms with E-state index in [1.54, 1.807) is 16.8 Å². The molecule has 150 valence electrons. The van der Waals surface area contributed by atoms with Gasteiger partial charge in [0.2, 0.25) is 11.7 Å². The third-order valence-electron chi connectivity index (χ3n) is 5.63. The highest BCUT2D eigenvalue weighted by Gasteiger charge is 2.36. The maximum Gasteiger partial charge on any atom is 0.220 e. The molecule has 1 amide bonds. The number of hydrogen-bond acceptors (Lipinski definition) is 4. The van der Waals surface area contributed by atoms with Crippen LogP contribution < -0.4 is 10.6 Å². The summed E-state index contributed by atoms with van der Waals surface area (Å²) < 4.78 is 15.3. The molecule has 1 atom stereocenters. The summed E-state index contributed by atoms with van der Waals surface area (Å²) in [6, 6.07) is 16.3. The number of carbonyl (C=O) groups is 1. The van der Waals surface area contributed by atoms with Crippen LogP contribution in [0.15, 0.2) is 54.6 Å². The largest absolute Gasteiger partial charge is 0.369 e. The Morgan fingerprint density at radius 3 is 2.48 bits per heavy atom. The number of quaternary nitrogens is 1. The number of piperidine rings is 1. The fraction of sp³-hybridized carbons (Fsp3) is 0.333. The quantitative estimate of drug-likeness (QED) is 0.644. The predicted octanol–water partition coefficient (Wildman–Crippen LogP) is 0.730. The Kier molecular flexibility index (Phi) is 5.62. The number of rotatable bonds is 6. The molecular formula is C21H24FN6O+. The highest BCUT2D eigenvalue weighted by Crippen LogP contribution is 2.20. The summed E-state index contributed by atoms with van der Waals surface area (Å²) in [7, 11) is 0. The number of halogens is 1. The van der Waals surface area contributed by atoms with E-state index in [2.05, 4.69) is 15.5 Å². The topological polar surface area (TPSA) is 91.1 Å². The van der Waals surface area contributed by atoms with Crippen molar-refractivity contribution in [2.45, 2.75) is 25.4 Å². The first kappa shape index (κ1) is 19.2. The van der Waals surface area contributed by atoms with Crippen LogP contribution in [0, 0.1) is 11.7 Å². The van der Waals surface area contributed by atoms with E-state index in [9.17, 15) is 9.18 Å². The van der Waals surface area contributed by atoms with Gasteiger partial charge < -0.3 is 10.6 Å². The first-order valence-corrected chi connectivity index (χ1v) is 9.81. The lowest BCUT2D eigenvalue weighted by atomic mass is 9.93. The van der Waals surface area contributed by atoms with Crippen molar-refractivity contribution in [3.63, 3.8) is 0 Å². The van der Waals surface area contributed by atoms with Gasteiger partial charge in [-0.05, 0) is 40.3 Å². The van der Waals surface area contributed by atoms with Crippen LogP contribution >= 0.6 is 0 Å². The highest BCUT2D eigenvalue weighted by molar-refractivity contribution is 5.76. The van der Waals surface area contributed by atoms with Crippen molar-refractivity contribution in [3.05, 3.63) is 77.4 Å². The van der Waals surface area contributed by atoms with E-state index in [0.717, 1.165) is 42.9 Å². The molecule has 0 aliphatic carbocycles. The molecule has 2 heterocycles. The molecule has 1 fully saturated rings. The number of hydrogen-bond donors (Lipinski definition) is 2. The molecule has 0 radical (unpaired) electrons. The van der Waals surface area contributed by atoms with Crippen LogP contribution in [0.5, 0.6) is 0 Å². The average Bonchev–Trinajstić information content (AvgIpc) is 3.18. The van der Waals surface area contributed by atoms with Crippen LogP contribution in [0.2, 0.25) is 0 Å². The van der Waals surface area contributed by atoms with Gasteiger partial charge in [0.05, 0.1) is 19.6 Å². The van der Waals surface area contributed by atoms with Crippen molar-refractivity contribution in [1.82, 2.24) is 20.2 Å². The highest BCUT2D eigenvalue weighted by atomic mass is 19.1. The Morgan fingerprint density at radius 2 is 1.83 bits per heavy atom. The molecule has 1 aromatic heterocycles. The Hall–Kier alpha value is -3.13. The Morgan fingerprint density at radius 1 is 1.14 bits per heavy atom. The number of amides is 1. The number of tetrazole rings is 1. The third kappa shape index (κ3) is 4.32. The molecule has 7 nitrogen and oxygen atoms in total. The van der Waals surface area contributed by atoms with Crippen LogP contribution in [0.3, 0.4) is 0 Å². The second-order valence-corrected chi connectivity index (χ2v) is 7.50. The Balaban J connectivity index is 1.66. The zero-order chi connectivity index (χ0) is 20.2. The van der Waals surface area contributed by atoms with Crippen LogP contribution in [0.4, 0.5) is 4.39 Å². The molecule has 2 aromatic carbocycles. The van der Waals surface area contributed by atoms with Crippen molar-refractivity contribution in [1.29, 1.82) is 0 Å². The first-order valence-electron chi connectivity index (χ1n) is 9.81. The molecule has 8 heteroatoms. The Labute approximate surface area is 168 Å². The molecule has 1 aliphatic rings. The van der Waals surface area contributed by atoms with Crippen LogP contribution in [0.25, 0.3) is 0 Å². The molecule has 0 bridgehead atoms. The average molecular weight is 395 g/mol.